The Morgan fingerprint density at radius 3 is 2.83 bits per heavy atom. The number of carbonyl (C=O) groups is 2. The maximum atomic E-state index is 12.4. The summed E-state index contributed by atoms with van der Waals surface area (Å²) in [6.07, 6.45) is 1.88. The van der Waals surface area contributed by atoms with Gasteiger partial charge < -0.3 is 19.7 Å². The van der Waals surface area contributed by atoms with E-state index in [2.05, 4.69) is 10.4 Å². The van der Waals surface area contributed by atoms with Gasteiger partial charge in [-0.1, -0.05) is 0 Å². The van der Waals surface area contributed by atoms with Crippen LogP contribution in [0.15, 0.2) is 6.20 Å². The SMILES string of the molecule is CO[C@]1(CC(=O)NCc2cnn(C)c2C)COCCN(C(C)=O)C1. The standard InChI is InChI=1S/C16H26N4O4/c1-12-14(9-18-19(12)3)8-17-15(22)7-16(23-4)10-20(13(2)21)5-6-24-11-16/h9H,5-8,10-11H2,1-4H3,(H,17,22)/t16-/m0/s1. The molecule has 1 aliphatic rings. The molecule has 1 atom stereocenters. The minimum absolute atomic E-state index is 0.0479. The predicted octanol–water partition coefficient (Wildman–Crippen LogP) is -0.00128. The van der Waals surface area contributed by atoms with E-state index in [4.69, 9.17) is 9.47 Å². The minimum atomic E-state index is -0.823. The number of ether oxygens (including phenoxy) is 2. The van der Waals surface area contributed by atoms with Gasteiger partial charge in [0, 0.05) is 45.4 Å². The van der Waals surface area contributed by atoms with Crippen molar-refractivity contribution in [3.05, 3.63) is 17.5 Å². The number of rotatable bonds is 5. The van der Waals surface area contributed by atoms with Gasteiger partial charge in [0.1, 0.15) is 5.60 Å². The van der Waals surface area contributed by atoms with E-state index in [0.717, 1.165) is 11.3 Å². The first-order valence-electron chi connectivity index (χ1n) is 7.99. The molecule has 0 aliphatic carbocycles. The molecule has 1 aromatic heterocycles. The molecule has 1 aromatic rings. The van der Waals surface area contributed by atoms with Crippen molar-refractivity contribution in [2.24, 2.45) is 7.05 Å². The van der Waals surface area contributed by atoms with E-state index >= 15 is 0 Å². The molecule has 1 fully saturated rings. The number of carbonyl (C=O) groups excluding carboxylic acids is 2. The lowest BCUT2D eigenvalue weighted by molar-refractivity contribution is -0.139. The fraction of sp³-hybridized carbons (Fsp3) is 0.688. The van der Waals surface area contributed by atoms with E-state index in [-0.39, 0.29) is 24.8 Å². The maximum Gasteiger partial charge on any atom is 0.223 e. The molecule has 1 aliphatic heterocycles. The van der Waals surface area contributed by atoms with Crippen molar-refractivity contribution < 1.29 is 19.1 Å². The molecule has 0 bridgehead atoms. The number of amides is 2. The molecule has 0 spiro atoms. The molecular weight excluding hydrogens is 312 g/mol. The van der Waals surface area contributed by atoms with Gasteiger partial charge in [-0.05, 0) is 6.92 Å². The Morgan fingerprint density at radius 2 is 2.25 bits per heavy atom. The molecule has 2 rings (SSSR count). The number of methoxy groups -OCH3 is 1. The Labute approximate surface area is 142 Å². The lowest BCUT2D eigenvalue weighted by Crippen LogP contribution is -2.50. The molecule has 0 radical (unpaired) electrons. The molecule has 24 heavy (non-hydrogen) atoms. The summed E-state index contributed by atoms with van der Waals surface area (Å²) in [6, 6.07) is 0. The quantitative estimate of drug-likeness (QED) is 0.817. The van der Waals surface area contributed by atoms with Crippen molar-refractivity contribution in [1.82, 2.24) is 20.0 Å². The van der Waals surface area contributed by atoms with Crippen molar-refractivity contribution >= 4 is 11.8 Å². The van der Waals surface area contributed by atoms with Crippen LogP contribution < -0.4 is 5.32 Å². The van der Waals surface area contributed by atoms with Crippen molar-refractivity contribution in [2.75, 3.05) is 33.4 Å². The van der Waals surface area contributed by atoms with Gasteiger partial charge in [-0.25, -0.2) is 0 Å². The molecule has 8 heteroatoms. The molecule has 0 saturated carbocycles. The summed E-state index contributed by atoms with van der Waals surface area (Å²) in [5, 5.41) is 7.05. The van der Waals surface area contributed by atoms with Crippen LogP contribution >= 0.6 is 0 Å². The Balaban J connectivity index is 1.98. The second-order valence-corrected chi connectivity index (χ2v) is 6.21. The number of hydrogen-bond acceptors (Lipinski definition) is 5. The molecule has 2 heterocycles. The smallest absolute Gasteiger partial charge is 0.223 e. The summed E-state index contributed by atoms with van der Waals surface area (Å²) in [4.78, 5) is 25.7. The summed E-state index contributed by atoms with van der Waals surface area (Å²) in [5.41, 5.74) is 1.16. The number of nitrogens with one attached hydrogen (secondary N) is 1. The Bertz CT molecular complexity index is 601. The zero-order valence-corrected chi connectivity index (χ0v) is 14.8. The van der Waals surface area contributed by atoms with Crippen LogP contribution in [0.3, 0.4) is 0 Å². The van der Waals surface area contributed by atoms with Gasteiger partial charge in [0.05, 0.1) is 32.4 Å². The number of aromatic nitrogens is 2. The third-order valence-electron chi connectivity index (χ3n) is 4.52. The third-order valence-corrected chi connectivity index (χ3v) is 4.52. The molecule has 0 unspecified atom stereocenters. The molecule has 8 nitrogen and oxygen atoms in total. The second kappa shape index (κ2) is 7.76. The highest BCUT2D eigenvalue weighted by Crippen LogP contribution is 2.21. The summed E-state index contributed by atoms with van der Waals surface area (Å²) >= 11 is 0. The highest BCUT2D eigenvalue weighted by Gasteiger charge is 2.38. The van der Waals surface area contributed by atoms with Gasteiger partial charge in [-0.3, -0.25) is 14.3 Å². The molecule has 1 N–H and O–H groups in total. The van der Waals surface area contributed by atoms with E-state index in [0.29, 0.717) is 26.2 Å². The summed E-state index contributed by atoms with van der Waals surface area (Å²) in [6.45, 7) is 5.46. The molecule has 0 aromatic carbocycles. The Hall–Kier alpha value is -1.93. The fourth-order valence-corrected chi connectivity index (χ4v) is 2.74. The highest BCUT2D eigenvalue weighted by atomic mass is 16.5. The van der Waals surface area contributed by atoms with Crippen molar-refractivity contribution in [3.63, 3.8) is 0 Å². The van der Waals surface area contributed by atoms with Crippen LogP contribution in [0.25, 0.3) is 0 Å². The van der Waals surface area contributed by atoms with Gasteiger partial charge >= 0.3 is 0 Å². The molecule has 1 saturated heterocycles. The first-order chi connectivity index (χ1) is 11.4. The van der Waals surface area contributed by atoms with Crippen LogP contribution in [0.2, 0.25) is 0 Å². The van der Waals surface area contributed by atoms with Crippen molar-refractivity contribution in [3.8, 4) is 0 Å². The Morgan fingerprint density at radius 1 is 1.50 bits per heavy atom. The maximum absolute atomic E-state index is 12.4. The monoisotopic (exact) mass is 338 g/mol. The van der Waals surface area contributed by atoms with Gasteiger partial charge in [0.25, 0.3) is 0 Å². The largest absolute Gasteiger partial charge is 0.377 e. The van der Waals surface area contributed by atoms with E-state index < -0.39 is 5.60 Å². The highest BCUT2D eigenvalue weighted by molar-refractivity contribution is 5.77. The van der Waals surface area contributed by atoms with Crippen LogP contribution in [0.4, 0.5) is 0 Å². The Kier molecular flexibility index (Phi) is 5.95. The van der Waals surface area contributed by atoms with Crippen molar-refractivity contribution in [1.29, 1.82) is 0 Å². The second-order valence-electron chi connectivity index (χ2n) is 6.21. The zero-order chi connectivity index (χ0) is 17.7. The minimum Gasteiger partial charge on any atom is -0.377 e. The summed E-state index contributed by atoms with van der Waals surface area (Å²) < 4.78 is 12.9. The fourth-order valence-electron chi connectivity index (χ4n) is 2.74. The first-order valence-corrected chi connectivity index (χ1v) is 7.99. The van der Waals surface area contributed by atoms with Gasteiger partial charge in [-0.15, -0.1) is 0 Å². The van der Waals surface area contributed by atoms with Gasteiger partial charge in [0.15, 0.2) is 0 Å². The van der Waals surface area contributed by atoms with Crippen LogP contribution in [0.1, 0.15) is 24.6 Å². The van der Waals surface area contributed by atoms with Gasteiger partial charge in [0.2, 0.25) is 11.8 Å². The summed E-state index contributed by atoms with van der Waals surface area (Å²) in [7, 11) is 3.41. The third kappa shape index (κ3) is 4.33. The number of hydrogen-bond donors (Lipinski definition) is 1. The lowest BCUT2D eigenvalue weighted by atomic mass is 9.99. The average Bonchev–Trinajstić information content (AvgIpc) is 2.76. The zero-order valence-electron chi connectivity index (χ0n) is 14.8. The number of nitrogens with zero attached hydrogens (tertiary/aromatic N) is 3. The van der Waals surface area contributed by atoms with E-state index in [1.807, 2.05) is 14.0 Å². The molecule has 2 amide bonds. The first kappa shape index (κ1) is 18.4. The topological polar surface area (TPSA) is 85.7 Å². The lowest BCUT2D eigenvalue weighted by Gasteiger charge is -2.33. The predicted molar refractivity (Wildman–Crippen MR) is 87.2 cm³/mol. The van der Waals surface area contributed by atoms with Crippen LogP contribution in [-0.4, -0.2) is 65.5 Å². The average molecular weight is 338 g/mol. The molecule has 134 valence electrons. The number of aryl methyl sites for hydroxylation is 1. The van der Waals surface area contributed by atoms with E-state index in [1.165, 1.54) is 6.92 Å². The van der Waals surface area contributed by atoms with Crippen LogP contribution in [-0.2, 0) is 32.7 Å². The van der Waals surface area contributed by atoms with Crippen LogP contribution in [0, 0.1) is 6.92 Å². The summed E-state index contributed by atoms with van der Waals surface area (Å²) in [5.74, 6) is -0.192. The van der Waals surface area contributed by atoms with E-state index in [9.17, 15) is 9.59 Å². The van der Waals surface area contributed by atoms with Crippen molar-refractivity contribution in [2.45, 2.75) is 32.4 Å². The van der Waals surface area contributed by atoms with Crippen LogP contribution in [0.5, 0.6) is 0 Å². The van der Waals surface area contributed by atoms with Gasteiger partial charge in [-0.2, -0.15) is 5.10 Å². The molecular formula is C16H26N4O4. The normalized spacial score (nSPS) is 21.4. The van der Waals surface area contributed by atoms with E-state index in [1.54, 1.807) is 22.9 Å².